The maximum Gasteiger partial charge on any atom is 0.385 e. The molecule has 0 N–H and O–H groups in total. The minimum absolute atomic E-state index is 0.0246. The average molecular weight is 259 g/mol. The van der Waals surface area contributed by atoms with E-state index in [0.29, 0.717) is 18.1 Å². The third-order valence-corrected chi connectivity index (χ3v) is 3.08. The van der Waals surface area contributed by atoms with Gasteiger partial charge in [-0.25, -0.2) is 0 Å². The monoisotopic (exact) mass is 259 g/mol. The van der Waals surface area contributed by atoms with Gasteiger partial charge in [-0.15, -0.1) is 0 Å². The number of benzene rings is 1. The summed E-state index contributed by atoms with van der Waals surface area (Å²) in [6.45, 7) is 6.32. The molecule has 0 aliphatic carbocycles. The second-order valence-corrected chi connectivity index (χ2v) is 4.85. The van der Waals surface area contributed by atoms with Crippen LogP contribution in [0.4, 0.5) is 5.82 Å². The van der Waals surface area contributed by atoms with Crippen molar-refractivity contribution in [3.63, 3.8) is 0 Å². The van der Waals surface area contributed by atoms with E-state index in [-0.39, 0.29) is 11.7 Å². The van der Waals surface area contributed by atoms with Crippen molar-refractivity contribution in [2.75, 3.05) is 0 Å². The molecule has 0 aliphatic heterocycles. The lowest BCUT2D eigenvalue weighted by atomic mass is 10.1. The summed E-state index contributed by atoms with van der Waals surface area (Å²) in [7, 11) is 0. The Morgan fingerprint density at radius 3 is 2.47 bits per heavy atom. The number of rotatable bonds is 4. The SMILES string of the molecule is Cc1nc([N+](=O)[O-])c(C(C)C)n1Cc1ccccc1. The summed E-state index contributed by atoms with van der Waals surface area (Å²) in [4.78, 5) is 14.8. The predicted molar refractivity (Wildman–Crippen MR) is 73.3 cm³/mol. The second-order valence-electron chi connectivity index (χ2n) is 4.85. The first-order valence-corrected chi connectivity index (χ1v) is 6.26. The van der Waals surface area contributed by atoms with Crippen LogP contribution in [-0.4, -0.2) is 14.5 Å². The number of hydrogen-bond donors (Lipinski definition) is 0. The molecule has 0 spiro atoms. The van der Waals surface area contributed by atoms with Gasteiger partial charge in [0.1, 0.15) is 5.69 Å². The Morgan fingerprint density at radius 1 is 1.32 bits per heavy atom. The molecule has 0 saturated heterocycles. The maximum atomic E-state index is 11.1. The van der Waals surface area contributed by atoms with Crippen LogP contribution in [-0.2, 0) is 6.54 Å². The minimum atomic E-state index is -0.399. The highest BCUT2D eigenvalue weighted by Crippen LogP contribution is 2.27. The van der Waals surface area contributed by atoms with Crippen LogP contribution in [0.1, 0.15) is 36.8 Å². The summed E-state index contributed by atoms with van der Waals surface area (Å²) in [5, 5.41) is 11.1. The predicted octanol–water partition coefficient (Wildman–Crippen LogP) is 3.27. The minimum Gasteiger partial charge on any atom is -0.358 e. The fraction of sp³-hybridized carbons (Fsp3) is 0.357. The van der Waals surface area contributed by atoms with E-state index in [4.69, 9.17) is 0 Å². The molecule has 0 amide bonds. The first-order chi connectivity index (χ1) is 9.00. The van der Waals surface area contributed by atoms with E-state index in [2.05, 4.69) is 4.98 Å². The summed E-state index contributed by atoms with van der Waals surface area (Å²) in [5.41, 5.74) is 1.80. The van der Waals surface area contributed by atoms with Gasteiger partial charge in [-0.3, -0.25) is 0 Å². The van der Waals surface area contributed by atoms with Gasteiger partial charge in [0.2, 0.25) is 5.82 Å². The van der Waals surface area contributed by atoms with E-state index in [9.17, 15) is 10.1 Å². The van der Waals surface area contributed by atoms with Crippen LogP contribution in [0.3, 0.4) is 0 Å². The lowest BCUT2D eigenvalue weighted by Gasteiger charge is -2.11. The smallest absolute Gasteiger partial charge is 0.358 e. The fourth-order valence-electron chi connectivity index (χ4n) is 2.24. The first kappa shape index (κ1) is 13.3. The summed E-state index contributed by atoms with van der Waals surface area (Å²) < 4.78 is 1.93. The van der Waals surface area contributed by atoms with Crippen LogP contribution in [0.2, 0.25) is 0 Å². The molecule has 1 heterocycles. The molecule has 0 fully saturated rings. The molecule has 0 atom stereocenters. The molecule has 1 aromatic heterocycles. The standard InChI is InChI=1S/C14H17N3O2/c1-10(2)13-14(17(18)19)15-11(3)16(13)9-12-7-5-4-6-8-12/h4-8,10H,9H2,1-3H3. The average Bonchev–Trinajstić information content (AvgIpc) is 2.68. The van der Waals surface area contributed by atoms with E-state index >= 15 is 0 Å². The van der Waals surface area contributed by atoms with E-state index in [0.717, 1.165) is 5.56 Å². The van der Waals surface area contributed by atoms with Crippen LogP contribution in [0, 0.1) is 17.0 Å². The number of nitrogens with zero attached hydrogens (tertiary/aromatic N) is 3. The van der Waals surface area contributed by atoms with Gasteiger partial charge in [0.25, 0.3) is 0 Å². The molecular formula is C14H17N3O2. The van der Waals surface area contributed by atoms with Gasteiger partial charge in [0, 0.05) is 12.8 Å². The zero-order chi connectivity index (χ0) is 14.0. The number of hydrogen-bond acceptors (Lipinski definition) is 3. The molecule has 19 heavy (non-hydrogen) atoms. The Bertz CT molecular complexity index is 588. The Morgan fingerprint density at radius 2 is 1.95 bits per heavy atom. The van der Waals surface area contributed by atoms with Crippen molar-refractivity contribution in [2.45, 2.75) is 33.2 Å². The highest BCUT2D eigenvalue weighted by molar-refractivity contribution is 5.33. The largest absolute Gasteiger partial charge is 0.385 e. The summed E-state index contributed by atoms with van der Waals surface area (Å²) >= 11 is 0. The number of aryl methyl sites for hydroxylation is 1. The van der Waals surface area contributed by atoms with Gasteiger partial charge >= 0.3 is 5.82 Å². The fourth-order valence-corrected chi connectivity index (χ4v) is 2.24. The molecule has 0 unspecified atom stereocenters. The zero-order valence-corrected chi connectivity index (χ0v) is 11.3. The second kappa shape index (κ2) is 5.22. The van der Waals surface area contributed by atoms with Crippen molar-refractivity contribution in [1.29, 1.82) is 0 Å². The Hall–Kier alpha value is -2.17. The van der Waals surface area contributed by atoms with Crippen molar-refractivity contribution in [3.05, 3.63) is 57.5 Å². The number of nitro groups is 1. The van der Waals surface area contributed by atoms with E-state index < -0.39 is 4.92 Å². The van der Waals surface area contributed by atoms with Crippen LogP contribution in [0.25, 0.3) is 0 Å². The highest BCUT2D eigenvalue weighted by atomic mass is 16.6. The Labute approximate surface area is 112 Å². The van der Waals surface area contributed by atoms with Crippen LogP contribution in [0.5, 0.6) is 0 Å². The summed E-state index contributed by atoms with van der Waals surface area (Å²) in [6.07, 6.45) is 0. The molecule has 100 valence electrons. The molecule has 2 rings (SSSR count). The highest BCUT2D eigenvalue weighted by Gasteiger charge is 2.27. The third kappa shape index (κ3) is 2.65. The van der Waals surface area contributed by atoms with Crippen molar-refractivity contribution in [3.8, 4) is 0 Å². The van der Waals surface area contributed by atoms with Crippen molar-refractivity contribution < 1.29 is 4.92 Å². The molecule has 2 aromatic rings. The molecule has 0 saturated carbocycles. The number of imidazole rings is 1. The molecule has 5 heteroatoms. The molecule has 0 bridgehead atoms. The van der Waals surface area contributed by atoms with Gasteiger partial charge < -0.3 is 14.7 Å². The van der Waals surface area contributed by atoms with Crippen molar-refractivity contribution in [1.82, 2.24) is 9.55 Å². The topological polar surface area (TPSA) is 61.0 Å². The molecular weight excluding hydrogens is 242 g/mol. The number of aromatic nitrogens is 2. The van der Waals surface area contributed by atoms with Crippen molar-refractivity contribution in [2.24, 2.45) is 0 Å². The van der Waals surface area contributed by atoms with Gasteiger partial charge in [0.15, 0.2) is 0 Å². The van der Waals surface area contributed by atoms with E-state index in [1.807, 2.05) is 55.7 Å². The Balaban J connectivity index is 2.48. The van der Waals surface area contributed by atoms with E-state index in [1.165, 1.54) is 0 Å². The van der Waals surface area contributed by atoms with Gasteiger partial charge in [-0.05, 0) is 15.5 Å². The van der Waals surface area contributed by atoms with Crippen LogP contribution >= 0.6 is 0 Å². The first-order valence-electron chi connectivity index (χ1n) is 6.26. The quantitative estimate of drug-likeness (QED) is 0.625. The van der Waals surface area contributed by atoms with Crippen LogP contribution < -0.4 is 0 Å². The normalized spacial score (nSPS) is 10.9. The van der Waals surface area contributed by atoms with Crippen molar-refractivity contribution >= 4 is 5.82 Å². The maximum absolute atomic E-state index is 11.1. The molecule has 1 aromatic carbocycles. The van der Waals surface area contributed by atoms with Gasteiger partial charge in [-0.2, -0.15) is 0 Å². The van der Waals surface area contributed by atoms with Gasteiger partial charge in [0.05, 0.1) is 6.54 Å². The van der Waals surface area contributed by atoms with Crippen LogP contribution in [0.15, 0.2) is 30.3 Å². The Kier molecular flexibility index (Phi) is 3.64. The molecule has 0 aliphatic rings. The zero-order valence-electron chi connectivity index (χ0n) is 11.3. The van der Waals surface area contributed by atoms with E-state index in [1.54, 1.807) is 0 Å². The molecule has 0 radical (unpaired) electrons. The lowest BCUT2D eigenvalue weighted by Crippen LogP contribution is -2.08. The summed E-state index contributed by atoms with van der Waals surface area (Å²) in [5.74, 6) is 0.716. The third-order valence-electron chi connectivity index (χ3n) is 3.08. The lowest BCUT2D eigenvalue weighted by molar-refractivity contribution is -0.390. The molecule has 5 nitrogen and oxygen atoms in total. The van der Waals surface area contributed by atoms with Gasteiger partial charge in [-0.1, -0.05) is 44.2 Å². The summed E-state index contributed by atoms with van der Waals surface area (Å²) in [6, 6.07) is 9.90.